The van der Waals surface area contributed by atoms with Crippen molar-refractivity contribution in [1.29, 1.82) is 0 Å². The molecule has 2 aliphatic heterocycles. The monoisotopic (exact) mass is 568 g/mol. The van der Waals surface area contributed by atoms with Gasteiger partial charge in [0.05, 0.1) is 14.2 Å². The molecule has 0 aliphatic carbocycles. The zero-order chi connectivity index (χ0) is 29.3. The Balaban J connectivity index is 0.000000559. The molecule has 2 saturated heterocycles. The Labute approximate surface area is 231 Å². The second-order valence-corrected chi connectivity index (χ2v) is 10.1. The van der Waals surface area contributed by atoms with Crippen LogP contribution in [0.2, 0.25) is 0 Å². The predicted octanol–water partition coefficient (Wildman–Crippen LogP) is 5.46. The zero-order valence-electron chi connectivity index (χ0n) is 22.8. The van der Waals surface area contributed by atoms with Crippen molar-refractivity contribution in [1.82, 2.24) is 9.80 Å². The number of methoxy groups -OCH3 is 2. The molecule has 1 unspecified atom stereocenters. The van der Waals surface area contributed by atoms with Crippen molar-refractivity contribution < 1.29 is 41.7 Å². The zero-order valence-corrected chi connectivity index (χ0v) is 22.8. The number of amides is 1. The molecule has 1 amide bonds. The highest BCUT2D eigenvalue weighted by Gasteiger charge is 2.42. The first-order valence-corrected chi connectivity index (χ1v) is 13.3. The number of rotatable bonds is 7. The number of likely N-dealkylation sites (tertiary alicyclic amines) is 2. The van der Waals surface area contributed by atoms with E-state index in [4.69, 9.17) is 19.4 Å². The van der Waals surface area contributed by atoms with Gasteiger partial charge < -0.3 is 19.5 Å². The first-order chi connectivity index (χ1) is 19.0. The van der Waals surface area contributed by atoms with Crippen molar-refractivity contribution in [3.05, 3.63) is 59.4 Å². The van der Waals surface area contributed by atoms with Gasteiger partial charge in [-0.2, -0.15) is 13.2 Å². The Morgan fingerprint density at radius 3 is 2.20 bits per heavy atom. The maximum absolute atomic E-state index is 13.3. The minimum atomic E-state index is -5.08. The van der Waals surface area contributed by atoms with Crippen molar-refractivity contribution in [3.63, 3.8) is 0 Å². The lowest BCUT2D eigenvalue weighted by molar-refractivity contribution is -0.192. The first kappa shape index (κ1) is 31.2. The summed E-state index contributed by atoms with van der Waals surface area (Å²) in [7, 11) is 3.28. The lowest BCUT2D eigenvalue weighted by Crippen LogP contribution is -2.44. The van der Waals surface area contributed by atoms with Crippen LogP contribution in [0.3, 0.4) is 0 Å². The van der Waals surface area contributed by atoms with E-state index in [1.54, 1.807) is 26.4 Å². The van der Waals surface area contributed by atoms with E-state index in [0.717, 1.165) is 68.1 Å². The molecule has 0 saturated carbocycles. The minimum absolute atomic E-state index is 0.155. The lowest BCUT2D eigenvalue weighted by Gasteiger charge is -2.38. The predicted molar refractivity (Wildman–Crippen MR) is 141 cm³/mol. The molecule has 220 valence electrons. The van der Waals surface area contributed by atoms with E-state index in [1.165, 1.54) is 12.8 Å². The molecule has 4 rings (SSSR count). The van der Waals surface area contributed by atoms with Gasteiger partial charge in [-0.3, -0.25) is 9.69 Å². The Morgan fingerprint density at radius 1 is 0.950 bits per heavy atom. The fourth-order valence-corrected chi connectivity index (χ4v) is 5.50. The molecule has 0 aromatic heterocycles. The highest BCUT2D eigenvalue weighted by molar-refractivity contribution is 5.76. The average molecular weight is 569 g/mol. The van der Waals surface area contributed by atoms with Gasteiger partial charge in [-0.05, 0) is 74.4 Å². The Hall–Kier alpha value is -3.34. The third-order valence-corrected chi connectivity index (χ3v) is 7.64. The number of nitrogens with zero attached hydrogens (tertiary/aromatic N) is 2. The maximum atomic E-state index is 13.3. The van der Waals surface area contributed by atoms with Crippen molar-refractivity contribution >= 4 is 11.9 Å². The van der Waals surface area contributed by atoms with E-state index in [9.17, 15) is 22.4 Å². The summed E-state index contributed by atoms with van der Waals surface area (Å²) in [5.74, 6) is -1.22. The van der Waals surface area contributed by atoms with E-state index in [0.29, 0.717) is 12.8 Å². The fourth-order valence-electron chi connectivity index (χ4n) is 5.50. The molecular weight excluding hydrogens is 532 g/mol. The van der Waals surface area contributed by atoms with Crippen molar-refractivity contribution in [2.24, 2.45) is 0 Å². The van der Waals surface area contributed by atoms with E-state index in [1.807, 2.05) is 30.3 Å². The van der Waals surface area contributed by atoms with Crippen LogP contribution in [0, 0.1) is 5.82 Å². The highest BCUT2D eigenvalue weighted by Crippen LogP contribution is 2.39. The molecule has 0 bridgehead atoms. The molecule has 2 aromatic carbocycles. The topological polar surface area (TPSA) is 79.3 Å². The molecule has 2 aromatic rings. The van der Waals surface area contributed by atoms with Crippen molar-refractivity contribution in [2.75, 3.05) is 33.9 Å². The lowest BCUT2D eigenvalue weighted by atomic mass is 9.87. The third-order valence-electron chi connectivity index (χ3n) is 7.64. The van der Waals surface area contributed by atoms with Crippen LogP contribution in [0.4, 0.5) is 17.6 Å². The summed E-state index contributed by atoms with van der Waals surface area (Å²) in [6.45, 7) is 3.55. The smallest absolute Gasteiger partial charge is 0.490 e. The molecule has 1 N–H and O–H groups in total. The molecule has 11 heteroatoms. The van der Waals surface area contributed by atoms with Crippen LogP contribution in [0.15, 0.2) is 42.5 Å². The number of alkyl halides is 3. The van der Waals surface area contributed by atoms with Crippen LogP contribution in [0.25, 0.3) is 0 Å². The number of carbonyl (C=O) groups excluding carboxylic acids is 1. The van der Waals surface area contributed by atoms with Crippen LogP contribution in [-0.4, -0.2) is 72.4 Å². The van der Waals surface area contributed by atoms with E-state index < -0.39 is 12.1 Å². The van der Waals surface area contributed by atoms with Gasteiger partial charge >= 0.3 is 12.1 Å². The van der Waals surface area contributed by atoms with Gasteiger partial charge in [-0.15, -0.1) is 0 Å². The van der Waals surface area contributed by atoms with Gasteiger partial charge in [0.2, 0.25) is 5.91 Å². The van der Waals surface area contributed by atoms with E-state index in [-0.39, 0.29) is 17.3 Å². The third kappa shape index (κ3) is 8.33. The van der Waals surface area contributed by atoms with Gasteiger partial charge in [0, 0.05) is 37.7 Å². The molecule has 2 fully saturated rings. The summed E-state index contributed by atoms with van der Waals surface area (Å²) in [6, 6.07) is 12.6. The summed E-state index contributed by atoms with van der Waals surface area (Å²) >= 11 is 0. The molecule has 1 spiro atoms. The van der Waals surface area contributed by atoms with Crippen LogP contribution in [0.5, 0.6) is 11.5 Å². The van der Waals surface area contributed by atoms with E-state index >= 15 is 0 Å². The largest absolute Gasteiger partial charge is 0.497 e. The maximum Gasteiger partial charge on any atom is 0.490 e. The quantitative estimate of drug-likeness (QED) is 0.448. The number of halogens is 4. The van der Waals surface area contributed by atoms with Gasteiger partial charge in [-0.25, -0.2) is 9.18 Å². The highest BCUT2D eigenvalue weighted by atomic mass is 19.4. The second-order valence-electron chi connectivity index (χ2n) is 10.1. The van der Waals surface area contributed by atoms with Crippen molar-refractivity contribution in [3.8, 4) is 11.5 Å². The Bertz CT molecular complexity index is 1140. The van der Waals surface area contributed by atoms with Crippen LogP contribution in [-0.2, 0) is 22.6 Å². The Kier molecular flexibility index (Phi) is 10.8. The number of carboxylic acid groups (broad SMARTS) is 1. The molecular formula is C29H36F4N2O5. The number of carboxylic acids is 1. The summed E-state index contributed by atoms with van der Waals surface area (Å²) in [5.41, 5.74) is 2.34. The number of hydrogen-bond acceptors (Lipinski definition) is 5. The summed E-state index contributed by atoms with van der Waals surface area (Å²) in [5, 5.41) is 7.12. The van der Waals surface area contributed by atoms with Crippen LogP contribution in [0.1, 0.15) is 49.7 Å². The van der Waals surface area contributed by atoms with Gasteiger partial charge in [0.15, 0.2) is 0 Å². The molecule has 7 nitrogen and oxygen atoms in total. The number of aliphatic carboxylic acids is 1. The Morgan fingerprint density at radius 2 is 1.60 bits per heavy atom. The number of benzene rings is 2. The SMILES string of the molecule is COc1ccc(CCC(=O)N2CCCC3(CCCN3Cc3ccc(F)cc3)CC2)c(OC)c1.O=C(O)C(F)(F)F. The van der Waals surface area contributed by atoms with Crippen LogP contribution < -0.4 is 9.47 Å². The van der Waals surface area contributed by atoms with Gasteiger partial charge in [0.1, 0.15) is 17.3 Å². The molecule has 1 atom stereocenters. The molecule has 0 radical (unpaired) electrons. The summed E-state index contributed by atoms with van der Waals surface area (Å²) in [4.78, 5) is 26.6. The number of carbonyl (C=O) groups is 2. The minimum Gasteiger partial charge on any atom is -0.497 e. The van der Waals surface area contributed by atoms with Crippen molar-refractivity contribution in [2.45, 2.75) is 63.2 Å². The van der Waals surface area contributed by atoms with Gasteiger partial charge in [0.25, 0.3) is 0 Å². The second kappa shape index (κ2) is 13.8. The number of ether oxygens (including phenoxy) is 2. The average Bonchev–Trinajstić information content (AvgIpc) is 3.17. The fraction of sp³-hybridized carbons (Fsp3) is 0.517. The number of aryl methyl sites for hydroxylation is 1. The number of hydrogen-bond donors (Lipinski definition) is 1. The van der Waals surface area contributed by atoms with Gasteiger partial charge in [-0.1, -0.05) is 18.2 Å². The molecule has 2 aliphatic rings. The molecule has 2 heterocycles. The first-order valence-electron chi connectivity index (χ1n) is 13.3. The van der Waals surface area contributed by atoms with E-state index in [2.05, 4.69) is 9.80 Å². The summed E-state index contributed by atoms with van der Waals surface area (Å²) < 4.78 is 55.8. The standard InChI is InChI=1S/C27H35FN2O3.C2HF3O2/c1-32-24-11-7-22(25(19-24)33-2)8-12-26(31)29-16-3-13-27(15-18-29)14-4-17-30(27)20-21-5-9-23(28)10-6-21;3-2(4,5)1(6)7/h5-7,9-11,19H,3-4,8,12-18,20H2,1-2H3;(H,6,7). The molecule has 40 heavy (non-hydrogen) atoms. The van der Waals surface area contributed by atoms with Crippen LogP contribution >= 0.6 is 0 Å². The normalized spacial score (nSPS) is 19.5. The summed E-state index contributed by atoms with van der Waals surface area (Å²) in [6.07, 6.45) is 1.57.